The van der Waals surface area contributed by atoms with E-state index in [0.717, 1.165) is 0 Å². The normalized spacial score (nSPS) is 32.0. The summed E-state index contributed by atoms with van der Waals surface area (Å²) >= 11 is 0. The maximum absolute atomic E-state index is 10.7. The first kappa shape index (κ1) is 8.04. The van der Waals surface area contributed by atoms with Gasteiger partial charge in [0.2, 0.25) is 5.91 Å². The van der Waals surface area contributed by atoms with E-state index in [1.165, 1.54) is 0 Å². The number of carbonyl (C=O) groups is 2. The molecule has 11 heavy (non-hydrogen) atoms. The molecule has 2 N–H and O–H groups in total. The minimum Gasteiger partial charge on any atom is -0.481 e. The van der Waals surface area contributed by atoms with Gasteiger partial charge in [-0.1, -0.05) is 6.92 Å². The Morgan fingerprint density at radius 3 is 2.55 bits per heavy atom. The highest BCUT2D eigenvalue weighted by Crippen LogP contribution is 2.21. The quantitative estimate of drug-likeness (QED) is 0.547. The second kappa shape index (κ2) is 2.53. The molecule has 3 atom stereocenters. The fourth-order valence-electron chi connectivity index (χ4n) is 1.20. The predicted molar refractivity (Wildman–Crippen MR) is 37.9 cm³/mol. The molecule has 0 radical (unpaired) electrons. The summed E-state index contributed by atoms with van der Waals surface area (Å²) in [5.41, 5.74) is 0. The molecule has 1 aliphatic rings. The highest BCUT2D eigenvalue weighted by molar-refractivity contribution is 5.87. The molecule has 1 amide bonds. The summed E-state index contributed by atoms with van der Waals surface area (Å²) in [6, 6.07) is -0.181. The van der Waals surface area contributed by atoms with Crippen LogP contribution in [0.15, 0.2) is 0 Å². The Labute approximate surface area is 64.6 Å². The molecule has 0 aromatic rings. The number of carboxylic acids is 1. The maximum Gasteiger partial charge on any atom is 0.308 e. The van der Waals surface area contributed by atoms with Crippen molar-refractivity contribution in [2.75, 3.05) is 0 Å². The van der Waals surface area contributed by atoms with E-state index >= 15 is 0 Å². The molecule has 1 fully saturated rings. The van der Waals surface area contributed by atoms with Gasteiger partial charge in [-0.25, -0.2) is 0 Å². The van der Waals surface area contributed by atoms with Crippen molar-refractivity contribution in [1.82, 2.24) is 5.32 Å². The van der Waals surface area contributed by atoms with Crippen molar-refractivity contribution in [1.29, 1.82) is 0 Å². The lowest BCUT2D eigenvalue weighted by atomic mass is 9.83. The Kier molecular flexibility index (Phi) is 1.85. The third-order valence-corrected chi connectivity index (χ3v) is 2.19. The van der Waals surface area contributed by atoms with Crippen LogP contribution in [0.1, 0.15) is 13.8 Å². The van der Waals surface area contributed by atoms with Crippen LogP contribution in [0.2, 0.25) is 0 Å². The van der Waals surface area contributed by atoms with E-state index in [0.29, 0.717) is 0 Å². The van der Waals surface area contributed by atoms with Gasteiger partial charge in [0.05, 0.1) is 17.9 Å². The zero-order valence-electron chi connectivity index (χ0n) is 6.50. The number of amides is 1. The molecular weight excluding hydrogens is 146 g/mol. The zero-order chi connectivity index (χ0) is 8.59. The number of hydrogen-bond acceptors (Lipinski definition) is 2. The smallest absolute Gasteiger partial charge is 0.308 e. The van der Waals surface area contributed by atoms with Gasteiger partial charge in [0.25, 0.3) is 0 Å². The summed E-state index contributed by atoms with van der Waals surface area (Å²) in [4.78, 5) is 21.1. The molecule has 0 bridgehead atoms. The third kappa shape index (κ3) is 1.20. The zero-order valence-corrected chi connectivity index (χ0v) is 6.50. The van der Waals surface area contributed by atoms with E-state index < -0.39 is 11.9 Å². The lowest BCUT2D eigenvalue weighted by molar-refractivity contribution is -0.147. The fraction of sp³-hybridized carbons (Fsp3) is 0.714. The number of aliphatic carboxylic acids is 1. The number of nitrogens with one attached hydrogen (secondary N) is 1. The number of hydrogen-bond donors (Lipinski definition) is 2. The van der Waals surface area contributed by atoms with Crippen molar-refractivity contribution in [3.05, 3.63) is 0 Å². The lowest BCUT2D eigenvalue weighted by Gasteiger charge is -2.36. The van der Waals surface area contributed by atoms with Gasteiger partial charge in [0.15, 0.2) is 0 Å². The lowest BCUT2D eigenvalue weighted by Crippen LogP contribution is -2.60. The average molecular weight is 157 g/mol. The number of rotatable bonds is 2. The predicted octanol–water partition coefficient (Wildman–Crippen LogP) is -0.158. The summed E-state index contributed by atoms with van der Waals surface area (Å²) in [6.07, 6.45) is 0. The first-order valence-electron chi connectivity index (χ1n) is 3.57. The van der Waals surface area contributed by atoms with Crippen LogP contribution in [0.25, 0.3) is 0 Å². The summed E-state index contributed by atoms with van der Waals surface area (Å²) in [5, 5.41) is 11.1. The third-order valence-electron chi connectivity index (χ3n) is 2.19. The van der Waals surface area contributed by atoms with Crippen molar-refractivity contribution in [2.24, 2.45) is 11.8 Å². The Balaban J connectivity index is 2.52. The molecule has 0 aliphatic carbocycles. The summed E-state index contributed by atoms with van der Waals surface area (Å²) in [5.74, 6) is -1.55. The molecule has 1 rings (SSSR count). The summed E-state index contributed by atoms with van der Waals surface area (Å²) < 4.78 is 0. The first-order valence-corrected chi connectivity index (χ1v) is 3.57. The molecular formula is C7H11NO3. The molecule has 4 heteroatoms. The number of carbonyl (C=O) groups excluding carboxylic acids is 1. The van der Waals surface area contributed by atoms with Crippen LogP contribution in [-0.4, -0.2) is 23.0 Å². The maximum atomic E-state index is 10.7. The molecule has 1 saturated heterocycles. The van der Waals surface area contributed by atoms with Gasteiger partial charge in [-0.05, 0) is 6.92 Å². The van der Waals surface area contributed by atoms with E-state index in [1.54, 1.807) is 13.8 Å². The van der Waals surface area contributed by atoms with Crippen molar-refractivity contribution in [3.63, 3.8) is 0 Å². The second-order valence-corrected chi connectivity index (χ2v) is 2.95. The SMILES string of the molecule is CC(C(=O)O)C1NC(=O)C1C. The Bertz CT molecular complexity index is 202. The van der Waals surface area contributed by atoms with Crippen LogP contribution in [0, 0.1) is 11.8 Å². The Morgan fingerprint density at radius 1 is 1.73 bits per heavy atom. The highest BCUT2D eigenvalue weighted by atomic mass is 16.4. The van der Waals surface area contributed by atoms with Crippen molar-refractivity contribution < 1.29 is 14.7 Å². The van der Waals surface area contributed by atoms with Gasteiger partial charge in [-0.3, -0.25) is 9.59 Å². The molecule has 1 heterocycles. The van der Waals surface area contributed by atoms with Crippen LogP contribution in [0.5, 0.6) is 0 Å². The van der Waals surface area contributed by atoms with E-state index in [-0.39, 0.29) is 17.9 Å². The number of β-lactam (4-membered cyclic amide) rings is 1. The number of carboxylic acid groups (broad SMARTS) is 1. The van der Waals surface area contributed by atoms with Gasteiger partial charge >= 0.3 is 5.97 Å². The molecule has 0 aromatic heterocycles. The topological polar surface area (TPSA) is 66.4 Å². The molecule has 0 spiro atoms. The molecule has 1 aliphatic heterocycles. The van der Waals surface area contributed by atoms with Crippen LogP contribution in [0.4, 0.5) is 0 Å². The van der Waals surface area contributed by atoms with Gasteiger partial charge in [0, 0.05) is 0 Å². The van der Waals surface area contributed by atoms with Crippen molar-refractivity contribution in [3.8, 4) is 0 Å². The van der Waals surface area contributed by atoms with E-state index in [1.807, 2.05) is 0 Å². The van der Waals surface area contributed by atoms with Crippen LogP contribution in [0.3, 0.4) is 0 Å². The van der Waals surface area contributed by atoms with Gasteiger partial charge in [-0.15, -0.1) is 0 Å². The molecule has 4 nitrogen and oxygen atoms in total. The van der Waals surface area contributed by atoms with Gasteiger partial charge in [0.1, 0.15) is 0 Å². The molecule has 3 unspecified atom stereocenters. The van der Waals surface area contributed by atoms with Gasteiger partial charge in [-0.2, -0.15) is 0 Å². The Morgan fingerprint density at radius 2 is 2.27 bits per heavy atom. The van der Waals surface area contributed by atoms with Crippen LogP contribution in [-0.2, 0) is 9.59 Å². The monoisotopic (exact) mass is 157 g/mol. The Hall–Kier alpha value is -1.06. The van der Waals surface area contributed by atoms with Crippen LogP contribution < -0.4 is 5.32 Å². The average Bonchev–Trinajstić information content (AvgIpc) is 1.98. The fourth-order valence-corrected chi connectivity index (χ4v) is 1.20. The minimum atomic E-state index is -0.859. The minimum absolute atomic E-state index is 0.0527. The van der Waals surface area contributed by atoms with E-state index in [4.69, 9.17) is 5.11 Å². The largest absolute Gasteiger partial charge is 0.481 e. The molecule has 0 saturated carbocycles. The van der Waals surface area contributed by atoms with E-state index in [9.17, 15) is 9.59 Å². The summed E-state index contributed by atoms with van der Waals surface area (Å²) in [7, 11) is 0. The summed E-state index contributed by atoms with van der Waals surface area (Å²) in [6.45, 7) is 3.34. The standard InChI is InChI=1S/C7H11NO3/c1-3-5(8-6(3)9)4(2)7(10)11/h3-5H,1-2H3,(H,8,9)(H,10,11). The van der Waals surface area contributed by atoms with Crippen molar-refractivity contribution in [2.45, 2.75) is 19.9 Å². The molecule has 0 aromatic carbocycles. The van der Waals surface area contributed by atoms with Crippen LogP contribution >= 0.6 is 0 Å². The highest BCUT2D eigenvalue weighted by Gasteiger charge is 2.41. The van der Waals surface area contributed by atoms with Crippen molar-refractivity contribution >= 4 is 11.9 Å². The first-order chi connectivity index (χ1) is 5.04. The molecule has 62 valence electrons. The second-order valence-electron chi connectivity index (χ2n) is 2.95. The van der Waals surface area contributed by atoms with E-state index in [2.05, 4.69) is 5.32 Å². The van der Waals surface area contributed by atoms with Gasteiger partial charge < -0.3 is 10.4 Å².